The largest absolute Gasteiger partial charge is 0.458 e. The summed E-state index contributed by atoms with van der Waals surface area (Å²) in [7, 11) is 0. The van der Waals surface area contributed by atoms with E-state index >= 15 is 0 Å². The van der Waals surface area contributed by atoms with Gasteiger partial charge in [0.15, 0.2) is 0 Å². The average Bonchev–Trinajstić information content (AvgIpc) is 3.21. The first-order valence-corrected chi connectivity index (χ1v) is 23.8. The van der Waals surface area contributed by atoms with Crippen LogP contribution in [0.15, 0.2) is 30.3 Å². The molecule has 19 nitrogen and oxygen atoms in total. The molecule has 0 spiro atoms. The topological polar surface area (TPSA) is 269 Å². The van der Waals surface area contributed by atoms with Crippen molar-refractivity contribution in [2.75, 3.05) is 6.54 Å². The van der Waals surface area contributed by atoms with E-state index in [-0.39, 0.29) is 31.9 Å². The molecule has 1 aromatic rings. The zero-order chi connectivity index (χ0) is 52.1. The Hall–Kier alpha value is -5.46. The highest BCUT2D eigenvalue weighted by Crippen LogP contribution is 2.16. The van der Waals surface area contributed by atoms with Crippen molar-refractivity contribution < 1.29 is 57.7 Å². The molecule has 0 radical (unpaired) electrons. The van der Waals surface area contributed by atoms with E-state index < -0.39 is 119 Å². The van der Waals surface area contributed by atoms with Gasteiger partial charge in [-0.1, -0.05) is 92.1 Å². The Morgan fingerprint density at radius 1 is 0.574 bits per heavy atom. The number of amides is 7. The summed E-state index contributed by atoms with van der Waals surface area (Å²) in [5.74, 6) is -5.95. The molecule has 0 fully saturated rings. The van der Waals surface area contributed by atoms with Gasteiger partial charge >= 0.3 is 18.2 Å². The minimum Gasteiger partial charge on any atom is -0.458 e. The molecule has 0 unspecified atom stereocenters. The summed E-state index contributed by atoms with van der Waals surface area (Å²) in [6.07, 6.45) is -1.20. The van der Waals surface area contributed by atoms with Crippen molar-refractivity contribution in [2.24, 2.45) is 23.7 Å². The van der Waals surface area contributed by atoms with Gasteiger partial charge in [0.25, 0.3) is 0 Å². The molecule has 0 aliphatic carbocycles. The van der Waals surface area contributed by atoms with Crippen molar-refractivity contribution in [3.63, 3.8) is 0 Å². The van der Waals surface area contributed by atoms with Crippen molar-refractivity contribution in [1.82, 2.24) is 37.2 Å². The van der Waals surface area contributed by atoms with Crippen LogP contribution in [-0.2, 0) is 49.6 Å². The molecule has 0 bridgehead atoms. The molecule has 0 heterocycles. The van der Waals surface area contributed by atoms with Crippen LogP contribution in [0.3, 0.4) is 0 Å². The first-order chi connectivity index (χ1) is 31.5. The highest BCUT2D eigenvalue weighted by Gasteiger charge is 2.37. The third-order valence-corrected chi connectivity index (χ3v) is 10.5. The van der Waals surface area contributed by atoms with Gasteiger partial charge in [0.1, 0.15) is 54.1 Å². The van der Waals surface area contributed by atoms with E-state index in [0.29, 0.717) is 19.3 Å². The fourth-order valence-corrected chi connectivity index (χ4v) is 6.63. The molecular weight excluding hydrogens is 879 g/mol. The third-order valence-electron chi connectivity index (χ3n) is 10.5. The second-order valence-corrected chi connectivity index (χ2v) is 20.5. The van der Waals surface area contributed by atoms with Crippen LogP contribution in [-0.4, -0.2) is 113 Å². The predicted octanol–water partition coefficient (Wildman–Crippen LogP) is 4.53. The number of hydrogen-bond donors (Lipinski definition) is 8. The second kappa shape index (κ2) is 28.8. The molecule has 8 atom stereocenters. The molecular formula is C49H83N7O12. The molecule has 0 saturated heterocycles. The molecule has 0 saturated carbocycles. The fourth-order valence-electron chi connectivity index (χ4n) is 6.63. The summed E-state index contributed by atoms with van der Waals surface area (Å²) >= 11 is 0. The summed E-state index contributed by atoms with van der Waals surface area (Å²) < 4.78 is 16.2. The zero-order valence-electron chi connectivity index (χ0n) is 43.1. The monoisotopic (exact) mass is 962 g/mol. The Bertz CT molecular complexity index is 1790. The van der Waals surface area contributed by atoms with Crippen molar-refractivity contribution in [3.05, 3.63) is 35.9 Å². The van der Waals surface area contributed by atoms with Gasteiger partial charge < -0.3 is 56.5 Å². The fraction of sp³-hybridized carbons (Fsp3) is 0.714. The quantitative estimate of drug-likeness (QED) is 0.0362. The number of alkyl carbamates (subject to hydrolysis) is 2. The van der Waals surface area contributed by atoms with Crippen LogP contribution in [0.25, 0.3) is 0 Å². The van der Waals surface area contributed by atoms with Crippen LogP contribution in [0.2, 0.25) is 0 Å². The first kappa shape index (κ1) is 60.6. The average molecular weight is 962 g/mol. The molecule has 1 aromatic carbocycles. The van der Waals surface area contributed by atoms with Crippen LogP contribution < -0.4 is 37.2 Å². The molecule has 0 aliphatic heterocycles. The Morgan fingerprint density at radius 2 is 1.06 bits per heavy atom. The SMILES string of the molecule is CC[C@H](C)[C@H](NC(=O)OCc1ccccc1)C(=O)N[C@H](C(=O)N[C@H](C(=O)N[C@@H](CC(C)C)C(=O)N[C@H](C(=O)N[C@@H](CCCCNC(=O)OC(C)(C)C)C(=O)OC(C)(C)C)C(C)C)C(C)C)[C@@H](C)O. The van der Waals surface area contributed by atoms with Gasteiger partial charge in [-0.2, -0.15) is 0 Å². The number of aliphatic hydroxyl groups is 1. The second-order valence-electron chi connectivity index (χ2n) is 20.5. The molecule has 386 valence electrons. The Balaban J connectivity index is 3.20. The molecule has 19 heteroatoms. The summed E-state index contributed by atoms with van der Waals surface area (Å²) in [6.45, 7) is 25.9. The van der Waals surface area contributed by atoms with Crippen molar-refractivity contribution in [2.45, 2.75) is 196 Å². The van der Waals surface area contributed by atoms with Crippen molar-refractivity contribution in [1.29, 1.82) is 0 Å². The molecule has 0 aliphatic rings. The lowest BCUT2D eigenvalue weighted by Gasteiger charge is -2.31. The van der Waals surface area contributed by atoms with Crippen LogP contribution in [0.5, 0.6) is 0 Å². The van der Waals surface area contributed by atoms with Crippen LogP contribution in [0.1, 0.15) is 142 Å². The summed E-state index contributed by atoms with van der Waals surface area (Å²) in [6, 6.07) is 1.61. The van der Waals surface area contributed by atoms with E-state index in [0.717, 1.165) is 5.56 Å². The number of benzene rings is 1. The number of carbonyl (C=O) groups is 8. The molecule has 7 amide bonds. The molecule has 8 N–H and O–H groups in total. The molecule has 0 aromatic heterocycles. The highest BCUT2D eigenvalue weighted by molar-refractivity contribution is 5.97. The summed E-state index contributed by atoms with van der Waals surface area (Å²) in [5.41, 5.74) is -0.791. The molecule has 68 heavy (non-hydrogen) atoms. The van der Waals surface area contributed by atoms with Gasteiger partial charge in [-0.15, -0.1) is 0 Å². The normalized spacial score (nSPS) is 15.3. The lowest BCUT2D eigenvalue weighted by molar-refractivity contribution is -0.159. The van der Waals surface area contributed by atoms with Crippen molar-refractivity contribution in [3.8, 4) is 0 Å². The minimum absolute atomic E-state index is 0.0389. The van der Waals surface area contributed by atoms with E-state index in [1.54, 1.807) is 100 Å². The smallest absolute Gasteiger partial charge is 0.408 e. The van der Waals surface area contributed by atoms with E-state index in [1.165, 1.54) is 6.92 Å². The predicted molar refractivity (Wildman–Crippen MR) is 257 cm³/mol. The maximum Gasteiger partial charge on any atom is 0.408 e. The van der Waals surface area contributed by atoms with E-state index in [4.69, 9.17) is 14.2 Å². The van der Waals surface area contributed by atoms with Gasteiger partial charge in [-0.25, -0.2) is 14.4 Å². The lowest BCUT2D eigenvalue weighted by Crippen LogP contribution is -2.62. The van der Waals surface area contributed by atoms with Gasteiger partial charge in [0, 0.05) is 6.54 Å². The van der Waals surface area contributed by atoms with Gasteiger partial charge in [-0.05, 0) is 103 Å². The maximum atomic E-state index is 14.0. The maximum absolute atomic E-state index is 14.0. The van der Waals surface area contributed by atoms with Crippen LogP contribution >= 0.6 is 0 Å². The van der Waals surface area contributed by atoms with Gasteiger partial charge in [0.05, 0.1) is 6.10 Å². The van der Waals surface area contributed by atoms with E-state index in [9.17, 15) is 43.5 Å². The first-order valence-electron chi connectivity index (χ1n) is 23.8. The highest BCUT2D eigenvalue weighted by atomic mass is 16.6. The van der Waals surface area contributed by atoms with Crippen LogP contribution in [0.4, 0.5) is 9.59 Å². The number of ether oxygens (including phenoxy) is 3. The van der Waals surface area contributed by atoms with E-state index in [2.05, 4.69) is 37.2 Å². The van der Waals surface area contributed by atoms with Crippen LogP contribution in [0, 0.1) is 23.7 Å². The van der Waals surface area contributed by atoms with Gasteiger partial charge in [0.2, 0.25) is 29.5 Å². The van der Waals surface area contributed by atoms with E-state index in [1.807, 2.05) is 26.8 Å². The number of rotatable bonds is 26. The zero-order valence-corrected chi connectivity index (χ0v) is 43.1. The summed E-state index contributed by atoms with van der Waals surface area (Å²) in [4.78, 5) is 108. The Morgan fingerprint density at radius 3 is 1.54 bits per heavy atom. The standard InChI is InChI=1S/C49H83N7O12/c1-16-31(8)38(56-47(65)66-27-33-22-18-17-19-23-33)43(61)55-39(32(9)57)44(62)54-37(30(6)7)42(60)52-35(26-28(2)3)40(58)53-36(29(4)5)41(59)51-34(45(63)67-48(10,11)12)24-20-21-25-50-46(64)68-49(13,14)15/h17-19,22-23,28-32,34-39,57H,16,20-21,24-27H2,1-15H3,(H,50,64)(H,51,59)(H,52,60)(H,53,58)(H,54,62)(H,55,61)(H,56,65)/t31-,32+,34-,35-,36-,37-,38-,39-/m0/s1. The molecule has 1 rings (SSSR count). The Labute approximate surface area is 403 Å². The number of unbranched alkanes of at least 4 members (excludes halogenated alkanes) is 1. The summed E-state index contributed by atoms with van der Waals surface area (Å²) in [5, 5.41) is 29.3. The third kappa shape index (κ3) is 23.5. The lowest BCUT2D eigenvalue weighted by atomic mass is 9.97. The Kier molecular flexibility index (Phi) is 25.6. The number of carbonyl (C=O) groups excluding carboxylic acids is 8. The minimum atomic E-state index is -1.55. The number of esters is 1. The van der Waals surface area contributed by atoms with Gasteiger partial charge in [-0.3, -0.25) is 24.0 Å². The number of aliphatic hydroxyl groups excluding tert-OH is 1. The number of hydrogen-bond acceptors (Lipinski definition) is 12. The van der Waals surface area contributed by atoms with Crippen molar-refractivity contribution >= 4 is 47.7 Å². The number of nitrogens with one attached hydrogen (secondary N) is 7.